The van der Waals surface area contributed by atoms with E-state index in [1.807, 2.05) is 6.20 Å². The Balaban J connectivity index is 1.96. The summed E-state index contributed by atoms with van der Waals surface area (Å²) in [6, 6.07) is 0.697. The molecule has 80 valence electrons. The molecule has 2 atom stereocenters. The minimum Gasteiger partial charge on any atom is -0.368 e. The molecule has 0 spiro atoms. The van der Waals surface area contributed by atoms with Crippen molar-refractivity contribution in [1.82, 2.24) is 9.97 Å². The van der Waals surface area contributed by atoms with Gasteiger partial charge in [-0.25, -0.2) is 4.98 Å². The molecular weight excluding hydrogens is 188 g/mol. The summed E-state index contributed by atoms with van der Waals surface area (Å²) in [4.78, 5) is 10.8. The molecule has 1 aromatic heterocycles. The summed E-state index contributed by atoms with van der Waals surface area (Å²) in [5, 5.41) is 0. The van der Waals surface area contributed by atoms with Crippen LogP contribution in [-0.4, -0.2) is 22.6 Å². The molecule has 2 bridgehead atoms. The highest BCUT2D eigenvalue weighted by Crippen LogP contribution is 2.40. The molecule has 2 unspecified atom stereocenters. The molecule has 3 rings (SSSR count). The number of hydrogen-bond donors (Lipinski definition) is 1. The second-order valence-electron chi connectivity index (χ2n) is 4.72. The van der Waals surface area contributed by atoms with Gasteiger partial charge in [0.05, 0.1) is 0 Å². The van der Waals surface area contributed by atoms with Crippen LogP contribution in [0.15, 0.2) is 6.20 Å². The predicted molar refractivity (Wildman–Crippen MR) is 59.7 cm³/mol. The molecule has 1 saturated heterocycles. The van der Waals surface area contributed by atoms with Crippen molar-refractivity contribution in [1.29, 1.82) is 0 Å². The highest BCUT2D eigenvalue weighted by Gasteiger charge is 2.38. The number of aromatic nitrogens is 2. The van der Waals surface area contributed by atoms with Gasteiger partial charge in [0.1, 0.15) is 5.82 Å². The average molecular weight is 204 g/mol. The van der Waals surface area contributed by atoms with Crippen molar-refractivity contribution in [2.75, 3.05) is 17.2 Å². The Labute approximate surface area is 89.5 Å². The SMILES string of the molecule is Cc1cnc(N)nc1N1CC2CCC1C2. The lowest BCUT2D eigenvalue weighted by Gasteiger charge is -2.29. The second kappa shape index (κ2) is 3.08. The summed E-state index contributed by atoms with van der Waals surface area (Å²) in [5.41, 5.74) is 6.78. The van der Waals surface area contributed by atoms with Gasteiger partial charge in [-0.05, 0) is 32.1 Å². The minimum atomic E-state index is 0.387. The third kappa shape index (κ3) is 1.35. The number of piperidine rings is 1. The third-order valence-corrected chi connectivity index (χ3v) is 3.64. The van der Waals surface area contributed by atoms with Crippen molar-refractivity contribution in [2.45, 2.75) is 32.2 Å². The highest BCUT2D eigenvalue weighted by molar-refractivity contribution is 5.50. The fourth-order valence-electron chi connectivity index (χ4n) is 2.92. The van der Waals surface area contributed by atoms with Crippen LogP contribution >= 0.6 is 0 Å². The van der Waals surface area contributed by atoms with E-state index in [-0.39, 0.29) is 0 Å². The van der Waals surface area contributed by atoms with Crippen LogP contribution in [0.4, 0.5) is 11.8 Å². The highest BCUT2D eigenvalue weighted by atomic mass is 15.3. The Morgan fingerprint density at radius 1 is 1.47 bits per heavy atom. The quantitative estimate of drug-likeness (QED) is 0.750. The lowest BCUT2D eigenvalue weighted by Crippen LogP contribution is -2.33. The number of fused-ring (bicyclic) bond motifs is 2. The van der Waals surface area contributed by atoms with E-state index in [0.29, 0.717) is 12.0 Å². The van der Waals surface area contributed by atoms with E-state index in [2.05, 4.69) is 21.8 Å². The summed E-state index contributed by atoms with van der Waals surface area (Å²) < 4.78 is 0. The van der Waals surface area contributed by atoms with Crippen LogP contribution in [0.25, 0.3) is 0 Å². The summed E-state index contributed by atoms with van der Waals surface area (Å²) >= 11 is 0. The van der Waals surface area contributed by atoms with E-state index in [4.69, 9.17) is 5.73 Å². The molecule has 2 N–H and O–H groups in total. The van der Waals surface area contributed by atoms with Crippen LogP contribution in [-0.2, 0) is 0 Å². The minimum absolute atomic E-state index is 0.387. The van der Waals surface area contributed by atoms with Crippen LogP contribution in [0.3, 0.4) is 0 Å². The first-order valence-corrected chi connectivity index (χ1v) is 5.60. The van der Waals surface area contributed by atoms with Gasteiger partial charge >= 0.3 is 0 Å². The number of aryl methyl sites for hydroxylation is 1. The van der Waals surface area contributed by atoms with Crippen LogP contribution in [0.5, 0.6) is 0 Å². The van der Waals surface area contributed by atoms with Gasteiger partial charge in [0.2, 0.25) is 5.95 Å². The van der Waals surface area contributed by atoms with E-state index >= 15 is 0 Å². The normalized spacial score (nSPS) is 28.7. The van der Waals surface area contributed by atoms with Gasteiger partial charge in [-0.2, -0.15) is 4.98 Å². The first kappa shape index (κ1) is 8.95. The first-order valence-electron chi connectivity index (χ1n) is 5.60. The van der Waals surface area contributed by atoms with E-state index in [1.165, 1.54) is 19.3 Å². The molecule has 1 saturated carbocycles. The first-order chi connectivity index (χ1) is 7.24. The van der Waals surface area contributed by atoms with Crippen molar-refractivity contribution in [2.24, 2.45) is 5.92 Å². The molecule has 0 radical (unpaired) electrons. The molecular formula is C11H16N4. The maximum Gasteiger partial charge on any atom is 0.221 e. The Morgan fingerprint density at radius 3 is 3.00 bits per heavy atom. The molecule has 15 heavy (non-hydrogen) atoms. The van der Waals surface area contributed by atoms with Gasteiger partial charge < -0.3 is 10.6 Å². The largest absolute Gasteiger partial charge is 0.368 e. The third-order valence-electron chi connectivity index (χ3n) is 3.64. The zero-order chi connectivity index (χ0) is 10.4. The van der Waals surface area contributed by atoms with E-state index in [9.17, 15) is 0 Å². The van der Waals surface area contributed by atoms with Crippen molar-refractivity contribution in [3.63, 3.8) is 0 Å². The van der Waals surface area contributed by atoms with Crippen LogP contribution in [0, 0.1) is 12.8 Å². The van der Waals surface area contributed by atoms with Crippen LogP contribution in [0.2, 0.25) is 0 Å². The van der Waals surface area contributed by atoms with Crippen molar-refractivity contribution >= 4 is 11.8 Å². The number of anilines is 2. The molecule has 4 heteroatoms. The summed E-state index contributed by atoms with van der Waals surface area (Å²) in [5.74, 6) is 2.32. The Hall–Kier alpha value is -1.32. The maximum atomic E-state index is 5.64. The van der Waals surface area contributed by atoms with Gasteiger partial charge in [-0.3, -0.25) is 0 Å². The molecule has 4 nitrogen and oxygen atoms in total. The average Bonchev–Trinajstić information content (AvgIpc) is 2.83. The molecule has 0 amide bonds. The Bertz CT molecular complexity index is 390. The van der Waals surface area contributed by atoms with E-state index in [0.717, 1.165) is 23.8 Å². The summed E-state index contributed by atoms with van der Waals surface area (Å²) in [6.07, 6.45) is 5.86. The molecule has 2 aliphatic rings. The monoisotopic (exact) mass is 204 g/mol. The number of hydrogen-bond acceptors (Lipinski definition) is 4. The van der Waals surface area contributed by atoms with Gasteiger partial charge in [-0.1, -0.05) is 0 Å². The number of nitrogens with zero attached hydrogens (tertiary/aromatic N) is 3. The van der Waals surface area contributed by atoms with Gasteiger partial charge in [0.15, 0.2) is 0 Å². The fraction of sp³-hybridized carbons (Fsp3) is 0.636. The molecule has 0 aromatic carbocycles. The van der Waals surface area contributed by atoms with Gasteiger partial charge in [0, 0.05) is 24.3 Å². The summed E-state index contributed by atoms with van der Waals surface area (Å²) in [7, 11) is 0. The standard InChI is InChI=1S/C11H16N4/c1-7-5-13-11(12)14-10(7)15-6-8-2-3-9(15)4-8/h5,8-9H,2-4,6H2,1H3,(H2,12,13,14). The Morgan fingerprint density at radius 2 is 2.33 bits per heavy atom. The smallest absolute Gasteiger partial charge is 0.221 e. The van der Waals surface area contributed by atoms with Gasteiger partial charge in [0.25, 0.3) is 0 Å². The van der Waals surface area contributed by atoms with Crippen LogP contribution in [0.1, 0.15) is 24.8 Å². The predicted octanol–water partition coefficient (Wildman–Crippen LogP) is 1.36. The number of nitrogens with two attached hydrogens (primary N) is 1. The molecule has 2 heterocycles. The van der Waals surface area contributed by atoms with Gasteiger partial charge in [-0.15, -0.1) is 0 Å². The summed E-state index contributed by atoms with van der Waals surface area (Å²) in [6.45, 7) is 3.21. The van der Waals surface area contributed by atoms with Crippen LogP contribution < -0.4 is 10.6 Å². The topological polar surface area (TPSA) is 55.0 Å². The van der Waals surface area contributed by atoms with Crippen molar-refractivity contribution in [3.8, 4) is 0 Å². The second-order valence-corrected chi connectivity index (χ2v) is 4.72. The molecule has 1 aliphatic heterocycles. The fourth-order valence-corrected chi connectivity index (χ4v) is 2.92. The van der Waals surface area contributed by atoms with E-state index in [1.54, 1.807) is 0 Å². The van der Waals surface area contributed by atoms with E-state index < -0.39 is 0 Å². The zero-order valence-corrected chi connectivity index (χ0v) is 8.98. The van der Waals surface area contributed by atoms with Crippen molar-refractivity contribution in [3.05, 3.63) is 11.8 Å². The maximum absolute atomic E-state index is 5.64. The number of nitrogen functional groups attached to an aromatic ring is 1. The molecule has 2 fully saturated rings. The zero-order valence-electron chi connectivity index (χ0n) is 8.98. The molecule has 1 aliphatic carbocycles. The number of rotatable bonds is 1. The lowest BCUT2D eigenvalue weighted by atomic mass is 10.1. The molecule has 1 aromatic rings. The lowest BCUT2D eigenvalue weighted by molar-refractivity contribution is 0.549. The van der Waals surface area contributed by atoms with Crippen molar-refractivity contribution < 1.29 is 0 Å². The Kier molecular flexibility index (Phi) is 1.84.